The highest BCUT2D eigenvalue weighted by atomic mass is 32.1. The van der Waals surface area contributed by atoms with E-state index < -0.39 is 22.1 Å². The summed E-state index contributed by atoms with van der Waals surface area (Å²) < 4.78 is 22.2. The number of hydrogen-bond donors (Lipinski definition) is 1. The van der Waals surface area contributed by atoms with Gasteiger partial charge in [-0.15, -0.1) is 10.2 Å². The van der Waals surface area contributed by atoms with Gasteiger partial charge in [0.25, 0.3) is 0 Å². The molecule has 1 aromatic carbocycles. The van der Waals surface area contributed by atoms with Crippen molar-refractivity contribution in [3.63, 3.8) is 0 Å². The van der Waals surface area contributed by atoms with Crippen molar-refractivity contribution in [3.05, 3.63) is 62.2 Å². The Morgan fingerprint density at radius 2 is 1.89 bits per heavy atom. The van der Waals surface area contributed by atoms with Crippen molar-refractivity contribution < 1.29 is 23.6 Å². The third-order valence-electron chi connectivity index (χ3n) is 6.56. The van der Waals surface area contributed by atoms with Crippen molar-refractivity contribution >= 4 is 44.9 Å². The average Bonchev–Trinajstić information content (AvgIpc) is 3.38. The summed E-state index contributed by atoms with van der Waals surface area (Å²) in [6.45, 7) is 2.00. The van der Waals surface area contributed by atoms with Crippen LogP contribution in [0.1, 0.15) is 29.2 Å². The number of anilines is 2. The molecular formula is C23H19FN6O6S. The van der Waals surface area contributed by atoms with E-state index in [0.717, 1.165) is 18.9 Å². The first kappa shape index (κ1) is 23.1. The van der Waals surface area contributed by atoms with Gasteiger partial charge in [0, 0.05) is 43.8 Å². The molecule has 1 aliphatic carbocycles. The van der Waals surface area contributed by atoms with Gasteiger partial charge in [-0.25, -0.2) is 9.18 Å². The Balaban J connectivity index is 1.24. The van der Waals surface area contributed by atoms with Crippen LogP contribution in [-0.2, 0) is 0 Å². The Hall–Kier alpha value is -4.33. The highest BCUT2D eigenvalue weighted by Crippen LogP contribution is 2.38. The van der Waals surface area contributed by atoms with E-state index >= 15 is 4.39 Å². The minimum atomic E-state index is -1.33. The van der Waals surface area contributed by atoms with Crippen LogP contribution >= 0.6 is 11.3 Å². The molecule has 2 fully saturated rings. The number of halogens is 1. The summed E-state index contributed by atoms with van der Waals surface area (Å²) in [5, 5.41) is 29.7. The lowest BCUT2D eigenvalue weighted by atomic mass is 10.1. The van der Waals surface area contributed by atoms with Gasteiger partial charge in [0.1, 0.15) is 16.3 Å². The van der Waals surface area contributed by atoms with Crippen LogP contribution in [0.5, 0.6) is 0 Å². The van der Waals surface area contributed by atoms with Crippen LogP contribution in [-0.4, -0.2) is 56.9 Å². The molecule has 1 aliphatic heterocycles. The molecule has 1 saturated carbocycles. The van der Waals surface area contributed by atoms with Gasteiger partial charge < -0.3 is 23.9 Å². The Bertz CT molecular complexity index is 1620. The van der Waals surface area contributed by atoms with Crippen LogP contribution in [0.3, 0.4) is 0 Å². The number of nitro groups is 1. The molecule has 0 atom stereocenters. The van der Waals surface area contributed by atoms with E-state index in [4.69, 9.17) is 4.42 Å². The highest BCUT2D eigenvalue weighted by molar-refractivity contribution is 7.18. The highest BCUT2D eigenvalue weighted by Gasteiger charge is 2.29. The summed E-state index contributed by atoms with van der Waals surface area (Å²) in [7, 11) is 0. The summed E-state index contributed by atoms with van der Waals surface area (Å²) in [4.78, 5) is 38.4. The first-order valence-corrected chi connectivity index (χ1v) is 12.3. The zero-order valence-corrected chi connectivity index (χ0v) is 20.0. The van der Waals surface area contributed by atoms with E-state index in [1.54, 1.807) is 10.6 Å². The number of aromatic nitrogens is 3. The SMILES string of the molecule is O=C(O)c1cn(C2CC2)c2cc(N3CCN(c4nnc(-c5ccc([N+](=O)[O-])o5)s4)CC3)c(F)cc2c1=O. The fourth-order valence-corrected chi connectivity index (χ4v) is 5.39. The normalized spacial score (nSPS) is 15.9. The lowest BCUT2D eigenvalue weighted by Gasteiger charge is -2.36. The van der Waals surface area contributed by atoms with E-state index in [1.165, 1.54) is 29.7 Å². The van der Waals surface area contributed by atoms with Gasteiger partial charge in [-0.3, -0.25) is 14.9 Å². The Morgan fingerprint density at radius 1 is 1.16 bits per heavy atom. The van der Waals surface area contributed by atoms with Crippen LogP contribution in [0.25, 0.3) is 21.7 Å². The molecule has 6 rings (SSSR count). The van der Waals surface area contributed by atoms with Crippen LogP contribution in [0.4, 0.5) is 21.1 Å². The molecule has 0 bridgehead atoms. The number of carboxylic acids is 1. The van der Waals surface area contributed by atoms with Crippen molar-refractivity contribution in [2.75, 3.05) is 36.0 Å². The zero-order valence-electron chi connectivity index (χ0n) is 19.2. The van der Waals surface area contributed by atoms with Gasteiger partial charge in [-0.05, 0) is 31.0 Å². The Morgan fingerprint density at radius 3 is 2.54 bits per heavy atom. The number of piperazine rings is 1. The minimum Gasteiger partial charge on any atom is -0.477 e. The summed E-state index contributed by atoms with van der Waals surface area (Å²) in [5.74, 6) is -2.02. The number of fused-ring (bicyclic) bond motifs is 1. The number of rotatable bonds is 6. The van der Waals surface area contributed by atoms with Crippen molar-refractivity contribution in [2.45, 2.75) is 18.9 Å². The maximum absolute atomic E-state index is 15.2. The van der Waals surface area contributed by atoms with Crippen molar-refractivity contribution in [1.82, 2.24) is 14.8 Å². The van der Waals surface area contributed by atoms with Gasteiger partial charge in [0.2, 0.25) is 10.6 Å². The maximum Gasteiger partial charge on any atom is 0.433 e. The predicted octanol–water partition coefficient (Wildman–Crippen LogP) is 3.52. The number of pyridine rings is 1. The molecule has 0 unspecified atom stereocenters. The van der Waals surface area contributed by atoms with Gasteiger partial charge in [0.05, 0.1) is 17.3 Å². The Labute approximate surface area is 211 Å². The largest absolute Gasteiger partial charge is 0.477 e. The van der Waals surface area contributed by atoms with E-state index in [2.05, 4.69) is 10.2 Å². The molecule has 4 heterocycles. The second-order valence-corrected chi connectivity index (χ2v) is 9.85. The number of furan rings is 1. The first-order chi connectivity index (χ1) is 17.8. The number of nitrogens with zero attached hydrogens (tertiary/aromatic N) is 6. The van der Waals surface area contributed by atoms with E-state index in [1.807, 2.05) is 9.80 Å². The summed E-state index contributed by atoms with van der Waals surface area (Å²) in [6.07, 6.45) is 3.11. The van der Waals surface area contributed by atoms with Crippen LogP contribution in [0, 0.1) is 15.9 Å². The third kappa shape index (κ3) is 4.08. The van der Waals surface area contributed by atoms with Crippen molar-refractivity contribution in [3.8, 4) is 10.8 Å². The molecule has 3 aromatic heterocycles. The molecule has 2 aliphatic rings. The van der Waals surface area contributed by atoms with Gasteiger partial charge >= 0.3 is 11.9 Å². The van der Waals surface area contributed by atoms with E-state index in [9.17, 15) is 24.8 Å². The molecule has 1 N–H and O–H groups in total. The third-order valence-corrected chi connectivity index (χ3v) is 7.56. The van der Waals surface area contributed by atoms with Gasteiger partial charge in [-0.2, -0.15) is 0 Å². The molecule has 12 nitrogen and oxygen atoms in total. The lowest BCUT2D eigenvalue weighted by Crippen LogP contribution is -2.46. The number of benzene rings is 1. The van der Waals surface area contributed by atoms with Gasteiger partial charge in [-0.1, -0.05) is 11.3 Å². The number of carboxylic acid groups (broad SMARTS) is 1. The van der Waals surface area contributed by atoms with E-state index in [-0.39, 0.29) is 28.6 Å². The fraction of sp³-hybridized carbons (Fsp3) is 0.304. The summed E-state index contributed by atoms with van der Waals surface area (Å²) in [5.41, 5.74) is -0.174. The molecule has 190 valence electrons. The monoisotopic (exact) mass is 526 g/mol. The van der Waals surface area contributed by atoms with E-state index in [0.29, 0.717) is 47.5 Å². The Kier molecular flexibility index (Phi) is 5.40. The molecular weight excluding hydrogens is 507 g/mol. The summed E-state index contributed by atoms with van der Waals surface area (Å²) >= 11 is 1.25. The molecule has 14 heteroatoms. The minimum absolute atomic E-state index is 0.0613. The fourth-order valence-electron chi connectivity index (χ4n) is 4.53. The molecule has 0 amide bonds. The molecule has 4 aromatic rings. The summed E-state index contributed by atoms with van der Waals surface area (Å²) in [6, 6.07) is 5.61. The van der Waals surface area contributed by atoms with Crippen LogP contribution < -0.4 is 15.2 Å². The van der Waals surface area contributed by atoms with Crippen LogP contribution in [0.2, 0.25) is 0 Å². The zero-order chi connectivity index (χ0) is 25.8. The second kappa shape index (κ2) is 8.65. The molecule has 1 saturated heterocycles. The number of hydrogen-bond acceptors (Lipinski definition) is 10. The molecule has 0 radical (unpaired) electrons. The second-order valence-electron chi connectivity index (χ2n) is 8.90. The molecule has 37 heavy (non-hydrogen) atoms. The standard InChI is InChI=1S/C23H19FN6O6S/c24-15-9-13-16(29(12-1-2-12)11-14(20(13)31)22(32)33)10-17(15)27-5-7-28(8-6-27)23-26-25-21(37-23)18-3-4-19(36-18)30(34)35/h3-4,9-12H,1-2,5-8H2,(H,32,33). The maximum atomic E-state index is 15.2. The number of aromatic carboxylic acids is 1. The van der Waals surface area contributed by atoms with Gasteiger partial charge in [0.15, 0.2) is 10.8 Å². The smallest absolute Gasteiger partial charge is 0.433 e. The van der Waals surface area contributed by atoms with Crippen molar-refractivity contribution in [1.29, 1.82) is 0 Å². The quantitative estimate of drug-likeness (QED) is 0.292. The average molecular weight is 527 g/mol. The number of carbonyl (C=O) groups is 1. The lowest BCUT2D eigenvalue weighted by molar-refractivity contribution is -0.401. The topological polar surface area (TPSA) is 148 Å². The van der Waals surface area contributed by atoms with Crippen LogP contribution in [0.15, 0.2) is 39.7 Å². The molecule has 0 spiro atoms. The predicted molar refractivity (Wildman–Crippen MR) is 132 cm³/mol. The first-order valence-electron chi connectivity index (χ1n) is 11.5. The van der Waals surface area contributed by atoms with Crippen molar-refractivity contribution in [2.24, 2.45) is 0 Å².